The summed E-state index contributed by atoms with van der Waals surface area (Å²) in [7, 11) is 0. The molecule has 264 valence electrons. The largest absolute Gasteiger partial charge is 0.456 e. The average Bonchev–Trinajstić information content (AvgIpc) is 3.57. The molecule has 1 spiro atoms. The predicted octanol–water partition coefficient (Wildman–Crippen LogP) is 14.2. The lowest BCUT2D eigenvalue weighted by Crippen LogP contribution is -2.32. The second kappa shape index (κ2) is 12.9. The molecule has 0 saturated heterocycles. The highest BCUT2D eigenvalue weighted by molar-refractivity contribution is 6.01. The molecule has 1 atom stereocenters. The number of nitrogens with zero attached hydrogens (tertiary/aromatic N) is 2. The first-order chi connectivity index (χ1) is 27.8. The molecule has 0 saturated carbocycles. The zero-order valence-corrected chi connectivity index (χ0v) is 30.6. The van der Waals surface area contributed by atoms with Crippen molar-refractivity contribution in [2.24, 2.45) is 0 Å². The van der Waals surface area contributed by atoms with E-state index in [0.717, 1.165) is 67.5 Å². The van der Waals surface area contributed by atoms with E-state index in [4.69, 9.17) is 4.74 Å². The first kappa shape index (κ1) is 32.1. The Labute approximate surface area is 326 Å². The average molecular weight is 717 g/mol. The van der Waals surface area contributed by atoms with Crippen molar-refractivity contribution >= 4 is 44.9 Å². The summed E-state index contributed by atoms with van der Waals surface area (Å²) in [5.41, 5.74) is 13.1. The Kier molecular flexibility index (Phi) is 7.39. The topological polar surface area (TPSA) is 15.7 Å². The van der Waals surface area contributed by atoms with Crippen LogP contribution in [0.5, 0.6) is 11.5 Å². The van der Waals surface area contributed by atoms with Crippen LogP contribution in [-0.4, -0.2) is 0 Å². The van der Waals surface area contributed by atoms with Crippen LogP contribution in [-0.2, 0) is 5.41 Å². The van der Waals surface area contributed by atoms with Gasteiger partial charge in [0, 0.05) is 50.5 Å². The summed E-state index contributed by atoms with van der Waals surface area (Å²) in [5, 5.41) is 2.26. The summed E-state index contributed by atoms with van der Waals surface area (Å²) >= 11 is 0. The van der Waals surface area contributed by atoms with Gasteiger partial charge in [0.2, 0.25) is 0 Å². The van der Waals surface area contributed by atoms with Crippen LogP contribution < -0.4 is 14.5 Å². The van der Waals surface area contributed by atoms with Crippen molar-refractivity contribution in [3.8, 4) is 22.6 Å². The molecule has 9 aromatic carbocycles. The van der Waals surface area contributed by atoms with E-state index in [9.17, 15) is 0 Å². The molecular weight excluding hydrogens is 681 g/mol. The van der Waals surface area contributed by atoms with Crippen molar-refractivity contribution in [3.05, 3.63) is 241 Å². The lowest BCUT2D eigenvalue weighted by atomic mass is 9.65. The van der Waals surface area contributed by atoms with Crippen LogP contribution in [0.25, 0.3) is 21.9 Å². The molecule has 0 fully saturated rings. The van der Waals surface area contributed by atoms with Gasteiger partial charge in [0.05, 0.1) is 11.1 Å². The summed E-state index contributed by atoms with van der Waals surface area (Å²) in [6, 6.07) is 78.5. The van der Waals surface area contributed by atoms with Crippen LogP contribution >= 0.6 is 0 Å². The van der Waals surface area contributed by atoms with Gasteiger partial charge in [-0.05, 0) is 94.9 Å². The molecule has 0 amide bonds. The Morgan fingerprint density at radius 1 is 0.357 bits per heavy atom. The number of hydrogen-bond acceptors (Lipinski definition) is 3. The van der Waals surface area contributed by atoms with Gasteiger partial charge in [-0.2, -0.15) is 0 Å². The van der Waals surface area contributed by atoms with E-state index < -0.39 is 5.41 Å². The fourth-order valence-corrected chi connectivity index (χ4v) is 9.20. The Hall–Kier alpha value is -7.36. The third-order valence-electron chi connectivity index (χ3n) is 11.5. The second-order valence-corrected chi connectivity index (χ2v) is 14.5. The molecule has 0 radical (unpaired) electrons. The molecule has 56 heavy (non-hydrogen) atoms. The molecule has 9 aromatic rings. The summed E-state index contributed by atoms with van der Waals surface area (Å²) in [6.45, 7) is 0. The standard InChI is InChI=1S/C53H36N2O/c1-5-19-38(20-6-1)54(39-21-7-2-8-22-39)42-33-35-50-48(36-42)53(47-34-32-37-18-13-14-27-43(37)52(47)56-50)45-29-16-15-28-44(45)51-46(53)30-17-31-49(51)55(40-23-9-3-10-24-40)41-25-11-4-12-26-41/h1-36H. The molecule has 1 aliphatic carbocycles. The number of benzene rings is 9. The molecule has 3 heteroatoms. The maximum Gasteiger partial charge on any atom is 0.140 e. The highest BCUT2D eigenvalue weighted by Gasteiger charge is 2.52. The maximum atomic E-state index is 7.14. The molecule has 2 aliphatic rings. The molecule has 0 N–H and O–H groups in total. The fourth-order valence-electron chi connectivity index (χ4n) is 9.20. The number of fused-ring (bicyclic) bond motifs is 11. The van der Waals surface area contributed by atoms with Gasteiger partial charge in [-0.25, -0.2) is 0 Å². The monoisotopic (exact) mass is 716 g/mol. The highest BCUT2D eigenvalue weighted by Crippen LogP contribution is 2.65. The number of rotatable bonds is 6. The van der Waals surface area contributed by atoms with Gasteiger partial charge in [-0.15, -0.1) is 0 Å². The summed E-state index contributed by atoms with van der Waals surface area (Å²) < 4.78 is 7.14. The molecule has 1 aliphatic heterocycles. The lowest BCUT2D eigenvalue weighted by Gasteiger charge is -2.40. The van der Waals surface area contributed by atoms with Crippen LogP contribution in [0.15, 0.2) is 218 Å². The van der Waals surface area contributed by atoms with E-state index in [1.165, 1.54) is 22.3 Å². The number of anilines is 6. The highest BCUT2D eigenvalue weighted by atomic mass is 16.5. The van der Waals surface area contributed by atoms with Crippen molar-refractivity contribution in [1.29, 1.82) is 0 Å². The molecular formula is C53H36N2O. The molecule has 0 bridgehead atoms. The SMILES string of the molecule is c1ccc(N(c2ccccc2)c2ccc3c(c2)C2(c4ccccc4-c4c(N(c5ccccc5)c5ccccc5)cccc42)c2ccc4ccccc4c2O3)cc1. The van der Waals surface area contributed by atoms with Gasteiger partial charge < -0.3 is 14.5 Å². The van der Waals surface area contributed by atoms with E-state index in [1.54, 1.807) is 0 Å². The van der Waals surface area contributed by atoms with Gasteiger partial charge in [-0.3, -0.25) is 0 Å². The fraction of sp³-hybridized carbons (Fsp3) is 0.0189. The van der Waals surface area contributed by atoms with Crippen molar-refractivity contribution in [3.63, 3.8) is 0 Å². The van der Waals surface area contributed by atoms with Gasteiger partial charge in [0.15, 0.2) is 0 Å². The summed E-state index contributed by atoms with van der Waals surface area (Å²) in [5.74, 6) is 1.76. The van der Waals surface area contributed by atoms with Crippen LogP contribution in [0.2, 0.25) is 0 Å². The van der Waals surface area contributed by atoms with Crippen LogP contribution in [0, 0.1) is 0 Å². The molecule has 3 nitrogen and oxygen atoms in total. The van der Waals surface area contributed by atoms with Gasteiger partial charge >= 0.3 is 0 Å². The smallest absolute Gasteiger partial charge is 0.140 e. The third kappa shape index (κ3) is 4.77. The van der Waals surface area contributed by atoms with E-state index in [-0.39, 0.29) is 0 Å². The minimum absolute atomic E-state index is 0.691. The zero-order chi connectivity index (χ0) is 37.1. The number of ether oxygens (including phenoxy) is 1. The molecule has 0 aromatic heterocycles. The second-order valence-electron chi connectivity index (χ2n) is 14.5. The van der Waals surface area contributed by atoms with Gasteiger partial charge in [0.1, 0.15) is 11.5 Å². The van der Waals surface area contributed by atoms with E-state index in [0.29, 0.717) is 0 Å². The normalized spacial score (nSPS) is 14.6. The maximum absolute atomic E-state index is 7.14. The van der Waals surface area contributed by atoms with Crippen molar-refractivity contribution < 1.29 is 4.74 Å². The van der Waals surface area contributed by atoms with Crippen LogP contribution in [0.4, 0.5) is 34.1 Å². The van der Waals surface area contributed by atoms with E-state index in [1.807, 2.05) is 0 Å². The Balaban J connectivity index is 1.25. The molecule has 1 heterocycles. The van der Waals surface area contributed by atoms with Crippen molar-refractivity contribution in [1.82, 2.24) is 0 Å². The van der Waals surface area contributed by atoms with Crippen LogP contribution in [0.3, 0.4) is 0 Å². The van der Waals surface area contributed by atoms with Crippen LogP contribution in [0.1, 0.15) is 22.3 Å². The quantitative estimate of drug-likeness (QED) is 0.170. The Morgan fingerprint density at radius 2 is 0.911 bits per heavy atom. The lowest BCUT2D eigenvalue weighted by molar-refractivity contribution is 0.442. The Morgan fingerprint density at radius 3 is 1.57 bits per heavy atom. The minimum atomic E-state index is -0.691. The minimum Gasteiger partial charge on any atom is -0.456 e. The third-order valence-corrected chi connectivity index (χ3v) is 11.5. The van der Waals surface area contributed by atoms with E-state index >= 15 is 0 Å². The van der Waals surface area contributed by atoms with E-state index in [2.05, 4.69) is 228 Å². The molecule has 1 unspecified atom stereocenters. The first-order valence-corrected chi connectivity index (χ1v) is 19.2. The summed E-state index contributed by atoms with van der Waals surface area (Å²) in [6.07, 6.45) is 0. The van der Waals surface area contributed by atoms with Gasteiger partial charge in [0.25, 0.3) is 0 Å². The van der Waals surface area contributed by atoms with Crippen molar-refractivity contribution in [2.45, 2.75) is 5.41 Å². The number of para-hydroxylation sites is 4. The van der Waals surface area contributed by atoms with Crippen molar-refractivity contribution in [2.75, 3.05) is 9.80 Å². The van der Waals surface area contributed by atoms with Gasteiger partial charge in [-0.1, -0.05) is 146 Å². The molecule has 11 rings (SSSR count). The Bertz CT molecular complexity index is 2810. The number of hydrogen-bond donors (Lipinski definition) is 0. The first-order valence-electron chi connectivity index (χ1n) is 19.2. The summed E-state index contributed by atoms with van der Waals surface area (Å²) in [4.78, 5) is 4.74. The predicted molar refractivity (Wildman–Crippen MR) is 231 cm³/mol. The zero-order valence-electron chi connectivity index (χ0n) is 30.6.